The van der Waals surface area contributed by atoms with Crippen molar-refractivity contribution in [1.29, 1.82) is 0 Å². The molecule has 1 amide bonds. The van der Waals surface area contributed by atoms with Crippen LogP contribution >= 0.6 is 0 Å². The fourth-order valence-corrected chi connectivity index (χ4v) is 4.02. The third kappa shape index (κ3) is 5.37. The van der Waals surface area contributed by atoms with Crippen LogP contribution in [-0.2, 0) is 4.79 Å². The Hall–Kier alpha value is -3.85. The first-order valence-corrected chi connectivity index (χ1v) is 11.2. The molecule has 1 aliphatic heterocycles. The Morgan fingerprint density at radius 2 is 1.76 bits per heavy atom. The molecular formula is C25H28N6O3. The number of nitrogens with one attached hydrogen (secondary N) is 1. The first-order chi connectivity index (χ1) is 16.3. The van der Waals surface area contributed by atoms with Crippen LogP contribution in [0.15, 0.2) is 48.5 Å². The number of anilines is 2. The second-order valence-electron chi connectivity index (χ2n) is 8.56. The Balaban J connectivity index is 1.39. The van der Waals surface area contributed by atoms with Crippen LogP contribution in [0.1, 0.15) is 16.8 Å². The molecular weight excluding hydrogens is 432 g/mol. The third-order valence-electron chi connectivity index (χ3n) is 6.10. The number of nitro benzene ring substituents is 1. The van der Waals surface area contributed by atoms with E-state index in [9.17, 15) is 14.9 Å². The molecule has 34 heavy (non-hydrogen) atoms. The quantitative estimate of drug-likeness (QED) is 0.441. The lowest BCUT2D eigenvalue weighted by atomic mass is 10.1. The molecule has 1 N–H and O–H groups in total. The number of amides is 1. The lowest BCUT2D eigenvalue weighted by molar-refractivity contribution is -0.384. The summed E-state index contributed by atoms with van der Waals surface area (Å²) in [7, 11) is 0. The zero-order valence-corrected chi connectivity index (χ0v) is 19.6. The topological polar surface area (TPSA) is 104 Å². The van der Waals surface area contributed by atoms with Crippen LogP contribution in [0.3, 0.4) is 0 Å². The minimum Gasteiger partial charge on any atom is -0.354 e. The standard InChI is InChI=1S/C25H28N6O3/c1-17-6-4-9-22(19(17)3)27-24(32)16-29-10-12-30(13-11-29)23-14-18(2)26-25(28-23)20-7-5-8-21(15-20)31(33)34/h4-9,14-15H,10-13,16H2,1-3H3,(H,27,32). The Bertz CT molecular complexity index is 1220. The summed E-state index contributed by atoms with van der Waals surface area (Å²) in [6.07, 6.45) is 0. The molecule has 4 rings (SSSR count). The van der Waals surface area contributed by atoms with Gasteiger partial charge in [0.1, 0.15) is 5.82 Å². The van der Waals surface area contributed by atoms with Crippen molar-refractivity contribution in [2.24, 2.45) is 0 Å². The SMILES string of the molecule is Cc1cc(N2CCN(CC(=O)Nc3cccc(C)c3C)CC2)nc(-c2cccc([N+](=O)[O-])c2)n1. The first-order valence-electron chi connectivity index (χ1n) is 11.2. The van der Waals surface area contributed by atoms with Gasteiger partial charge in [-0.15, -0.1) is 0 Å². The number of benzene rings is 2. The number of nitrogens with zero attached hydrogens (tertiary/aromatic N) is 5. The predicted octanol–water partition coefficient (Wildman–Crippen LogP) is 3.74. The van der Waals surface area contributed by atoms with E-state index in [0.29, 0.717) is 17.9 Å². The van der Waals surface area contributed by atoms with Gasteiger partial charge in [-0.25, -0.2) is 9.97 Å². The van der Waals surface area contributed by atoms with E-state index in [2.05, 4.69) is 25.1 Å². The molecule has 0 aliphatic carbocycles. The molecule has 2 heterocycles. The monoisotopic (exact) mass is 460 g/mol. The number of non-ortho nitro benzene ring substituents is 1. The van der Waals surface area contributed by atoms with Gasteiger partial charge in [-0.1, -0.05) is 24.3 Å². The van der Waals surface area contributed by atoms with Crippen molar-refractivity contribution in [3.05, 3.63) is 75.5 Å². The summed E-state index contributed by atoms with van der Waals surface area (Å²) in [6.45, 7) is 9.18. The fraction of sp³-hybridized carbons (Fsp3) is 0.320. The van der Waals surface area contributed by atoms with Crippen LogP contribution in [0, 0.1) is 30.9 Å². The average Bonchev–Trinajstić information content (AvgIpc) is 2.82. The highest BCUT2D eigenvalue weighted by molar-refractivity contribution is 5.93. The van der Waals surface area contributed by atoms with Crippen molar-refractivity contribution in [1.82, 2.24) is 14.9 Å². The van der Waals surface area contributed by atoms with E-state index in [4.69, 9.17) is 0 Å². The van der Waals surface area contributed by atoms with E-state index in [1.165, 1.54) is 12.1 Å². The first kappa shape index (κ1) is 23.3. The molecule has 1 aromatic heterocycles. The summed E-state index contributed by atoms with van der Waals surface area (Å²) < 4.78 is 0. The van der Waals surface area contributed by atoms with Gasteiger partial charge in [0, 0.05) is 61.3 Å². The molecule has 1 aliphatic rings. The summed E-state index contributed by atoms with van der Waals surface area (Å²) in [4.78, 5) is 36.7. The van der Waals surface area contributed by atoms with Crippen LogP contribution in [0.5, 0.6) is 0 Å². The lowest BCUT2D eigenvalue weighted by Gasteiger charge is -2.35. The van der Waals surface area contributed by atoms with E-state index in [1.807, 2.05) is 45.0 Å². The van der Waals surface area contributed by atoms with Gasteiger partial charge in [-0.3, -0.25) is 19.8 Å². The van der Waals surface area contributed by atoms with Gasteiger partial charge < -0.3 is 10.2 Å². The minimum atomic E-state index is -0.421. The van der Waals surface area contributed by atoms with Crippen LogP contribution in [0.4, 0.5) is 17.2 Å². The smallest absolute Gasteiger partial charge is 0.270 e. The van der Waals surface area contributed by atoms with Gasteiger partial charge in [0.25, 0.3) is 5.69 Å². The molecule has 0 radical (unpaired) electrons. The van der Waals surface area contributed by atoms with Gasteiger partial charge in [0.2, 0.25) is 5.91 Å². The summed E-state index contributed by atoms with van der Waals surface area (Å²) in [5, 5.41) is 14.2. The van der Waals surface area contributed by atoms with Crippen molar-refractivity contribution in [2.45, 2.75) is 20.8 Å². The van der Waals surface area contributed by atoms with Crippen molar-refractivity contribution < 1.29 is 9.72 Å². The number of piperazine rings is 1. The molecule has 3 aromatic rings. The normalized spacial score (nSPS) is 14.1. The predicted molar refractivity (Wildman–Crippen MR) is 132 cm³/mol. The molecule has 1 fully saturated rings. The maximum atomic E-state index is 12.6. The molecule has 9 heteroatoms. The Labute approximate surface area is 198 Å². The fourth-order valence-electron chi connectivity index (χ4n) is 4.02. The van der Waals surface area contributed by atoms with E-state index in [0.717, 1.165) is 54.5 Å². The molecule has 0 spiro atoms. The third-order valence-corrected chi connectivity index (χ3v) is 6.10. The summed E-state index contributed by atoms with van der Waals surface area (Å²) >= 11 is 0. The number of hydrogen-bond acceptors (Lipinski definition) is 7. The average molecular weight is 461 g/mol. The molecule has 2 aromatic carbocycles. The van der Waals surface area contributed by atoms with Crippen LogP contribution in [-0.4, -0.2) is 58.4 Å². The zero-order valence-electron chi connectivity index (χ0n) is 19.6. The second-order valence-corrected chi connectivity index (χ2v) is 8.56. The minimum absolute atomic E-state index is 0.0110. The van der Waals surface area contributed by atoms with Crippen LogP contribution in [0.2, 0.25) is 0 Å². The lowest BCUT2D eigenvalue weighted by Crippen LogP contribution is -2.49. The van der Waals surface area contributed by atoms with Crippen molar-refractivity contribution in [2.75, 3.05) is 42.9 Å². The second kappa shape index (κ2) is 9.96. The number of carbonyl (C=O) groups is 1. The van der Waals surface area contributed by atoms with Crippen molar-refractivity contribution in [3.8, 4) is 11.4 Å². The highest BCUT2D eigenvalue weighted by Gasteiger charge is 2.21. The number of rotatable bonds is 6. The molecule has 0 saturated carbocycles. The van der Waals surface area contributed by atoms with E-state index < -0.39 is 4.92 Å². The van der Waals surface area contributed by atoms with E-state index >= 15 is 0 Å². The molecule has 0 unspecified atom stereocenters. The van der Waals surface area contributed by atoms with E-state index in [1.54, 1.807) is 12.1 Å². The molecule has 176 valence electrons. The summed E-state index contributed by atoms with van der Waals surface area (Å²) in [5.41, 5.74) is 4.50. The number of aryl methyl sites for hydroxylation is 2. The molecule has 0 bridgehead atoms. The molecule has 9 nitrogen and oxygen atoms in total. The van der Waals surface area contributed by atoms with Crippen LogP contribution in [0.25, 0.3) is 11.4 Å². The highest BCUT2D eigenvalue weighted by Crippen LogP contribution is 2.24. The largest absolute Gasteiger partial charge is 0.354 e. The van der Waals surface area contributed by atoms with Crippen molar-refractivity contribution in [3.63, 3.8) is 0 Å². The number of nitro groups is 1. The maximum Gasteiger partial charge on any atom is 0.270 e. The zero-order chi connectivity index (χ0) is 24.2. The van der Waals surface area contributed by atoms with E-state index in [-0.39, 0.29) is 11.6 Å². The summed E-state index contributed by atoms with van der Waals surface area (Å²) in [5.74, 6) is 1.23. The number of aromatic nitrogens is 2. The highest BCUT2D eigenvalue weighted by atomic mass is 16.6. The number of carbonyl (C=O) groups excluding carboxylic acids is 1. The van der Waals surface area contributed by atoms with Gasteiger partial charge in [0.15, 0.2) is 5.82 Å². The Morgan fingerprint density at radius 3 is 2.50 bits per heavy atom. The van der Waals surface area contributed by atoms with Crippen molar-refractivity contribution >= 4 is 23.1 Å². The maximum absolute atomic E-state index is 12.6. The number of hydrogen-bond donors (Lipinski definition) is 1. The van der Waals surface area contributed by atoms with Gasteiger partial charge in [-0.2, -0.15) is 0 Å². The Morgan fingerprint density at radius 1 is 1.03 bits per heavy atom. The van der Waals surface area contributed by atoms with Crippen LogP contribution < -0.4 is 10.2 Å². The van der Waals surface area contributed by atoms with Gasteiger partial charge >= 0.3 is 0 Å². The molecule has 1 saturated heterocycles. The molecule has 0 atom stereocenters. The summed E-state index contributed by atoms with van der Waals surface area (Å²) in [6, 6.07) is 14.2. The Kier molecular flexibility index (Phi) is 6.83. The van der Waals surface area contributed by atoms with Gasteiger partial charge in [0.05, 0.1) is 11.5 Å². The van der Waals surface area contributed by atoms with Gasteiger partial charge in [-0.05, 0) is 38.0 Å².